The van der Waals surface area contributed by atoms with Crippen molar-refractivity contribution in [3.8, 4) is 12.3 Å². The second kappa shape index (κ2) is 4.51. The Balaban J connectivity index is 3.13. The van der Waals surface area contributed by atoms with Crippen LogP contribution in [0.1, 0.15) is 6.92 Å². The summed E-state index contributed by atoms with van der Waals surface area (Å²) in [6.45, 7) is 1.50. The molecule has 0 aliphatic heterocycles. The number of terminal acetylenes is 1. The van der Waals surface area contributed by atoms with Crippen LogP contribution < -0.4 is 10.5 Å². The number of benzene rings is 1. The van der Waals surface area contributed by atoms with Gasteiger partial charge in [0.1, 0.15) is 5.82 Å². The van der Waals surface area contributed by atoms with E-state index in [1.54, 1.807) is 0 Å². The molecule has 86 valence electrons. The van der Waals surface area contributed by atoms with Gasteiger partial charge in [-0.15, -0.1) is 6.42 Å². The van der Waals surface area contributed by atoms with Crippen LogP contribution in [0.2, 0.25) is 0 Å². The predicted molar refractivity (Wildman–Crippen MR) is 59.4 cm³/mol. The Morgan fingerprint density at radius 3 is 2.62 bits per heavy atom. The van der Waals surface area contributed by atoms with E-state index < -0.39 is 21.9 Å². The smallest absolute Gasteiger partial charge is 0.241 e. The maximum Gasteiger partial charge on any atom is 0.241 e. The summed E-state index contributed by atoms with van der Waals surface area (Å²) in [6, 6.07) is 2.40. The van der Waals surface area contributed by atoms with Gasteiger partial charge < -0.3 is 5.73 Å². The molecule has 0 aliphatic carbocycles. The summed E-state index contributed by atoms with van der Waals surface area (Å²) in [7, 11) is -3.83. The van der Waals surface area contributed by atoms with E-state index in [9.17, 15) is 12.8 Å². The molecule has 1 atom stereocenters. The average Bonchev–Trinajstić information content (AvgIpc) is 2.15. The Hall–Kier alpha value is -1.58. The molecule has 0 aromatic heterocycles. The lowest BCUT2D eigenvalue weighted by Gasteiger charge is -2.09. The molecule has 0 bridgehead atoms. The SMILES string of the molecule is C#CC(C)NS(=O)(=O)c1cc(N)cc(F)c1. The van der Waals surface area contributed by atoms with E-state index in [4.69, 9.17) is 12.2 Å². The molecule has 0 radical (unpaired) electrons. The van der Waals surface area contributed by atoms with Crippen LogP contribution in [0.4, 0.5) is 10.1 Å². The lowest BCUT2D eigenvalue weighted by Crippen LogP contribution is -2.31. The highest BCUT2D eigenvalue weighted by Crippen LogP contribution is 2.15. The van der Waals surface area contributed by atoms with Crippen LogP contribution in [0, 0.1) is 18.2 Å². The van der Waals surface area contributed by atoms with Crippen molar-refractivity contribution in [2.24, 2.45) is 0 Å². The van der Waals surface area contributed by atoms with Crippen LogP contribution in [0.5, 0.6) is 0 Å². The highest BCUT2D eigenvalue weighted by Gasteiger charge is 2.17. The van der Waals surface area contributed by atoms with Crippen molar-refractivity contribution in [3.63, 3.8) is 0 Å². The normalized spacial score (nSPS) is 13.1. The number of nitrogens with two attached hydrogens (primary N) is 1. The van der Waals surface area contributed by atoms with Crippen LogP contribution in [0.25, 0.3) is 0 Å². The Morgan fingerprint density at radius 1 is 1.50 bits per heavy atom. The summed E-state index contributed by atoms with van der Waals surface area (Å²) in [4.78, 5) is -0.243. The molecule has 0 heterocycles. The molecule has 0 amide bonds. The topological polar surface area (TPSA) is 72.2 Å². The Bertz CT molecular complexity index is 514. The van der Waals surface area contributed by atoms with Crippen molar-refractivity contribution in [1.29, 1.82) is 0 Å². The van der Waals surface area contributed by atoms with Crippen LogP contribution in [0.15, 0.2) is 23.1 Å². The van der Waals surface area contributed by atoms with Crippen LogP contribution in [-0.4, -0.2) is 14.5 Å². The number of hydrogen-bond donors (Lipinski definition) is 2. The Labute approximate surface area is 93.7 Å². The van der Waals surface area contributed by atoms with E-state index in [0.29, 0.717) is 0 Å². The average molecular weight is 242 g/mol. The zero-order valence-corrected chi connectivity index (χ0v) is 9.38. The number of hydrogen-bond acceptors (Lipinski definition) is 3. The fourth-order valence-corrected chi connectivity index (χ4v) is 2.30. The molecule has 1 aromatic carbocycles. The number of nitrogens with one attached hydrogen (secondary N) is 1. The number of sulfonamides is 1. The third kappa shape index (κ3) is 2.95. The van der Waals surface area contributed by atoms with Crippen molar-refractivity contribution in [3.05, 3.63) is 24.0 Å². The molecule has 1 unspecified atom stereocenters. The summed E-state index contributed by atoms with van der Waals surface area (Å²) in [5.74, 6) is 1.49. The molecule has 0 aliphatic rings. The molecule has 0 spiro atoms. The Kier molecular flexibility index (Phi) is 3.52. The van der Waals surface area contributed by atoms with Gasteiger partial charge in [-0.2, -0.15) is 4.72 Å². The van der Waals surface area contributed by atoms with Gasteiger partial charge in [0.2, 0.25) is 10.0 Å². The third-order valence-electron chi connectivity index (χ3n) is 1.79. The van der Waals surface area contributed by atoms with Crippen LogP contribution in [-0.2, 0) is 10.0 Å². The van der Waals surface area contributed by atoms with Crippen molar-refractivity contribution < 1.29 is 12.8 Å². The standard InChI is InChI=1S/C10H11FN2O2S/c1-3-7(2)13-16(14,15)10-5-8(11)4-9(12)6-10/h1,4-7,13H,12H2,2H3. The van der Waals surface area contributed by atoms with Gasteiger partial charge in [-0.05, 0) is 25.1 Å². The number of anilines is 1. The van der Waals surface area contributed by atoms with E-state index in [2.05, 4.69) is 10.6 Å². The minimum absolute atomic E-state index is 0.0359. The highest BCUT2D eigenvalue weighted by molar-refractivity contribution is 7.89. The fourth-order valence-electron chi connectivity index (χ4n) is 1.07. The van der Waals surface area contributed by atoms with Gasteiger partial charge in [0, 0.05) is 5.69 Å². The molecule has 6 heteroatoms. The molecule has 0 fully saturated rings. The van der Waals surface area contributed by atoms with Gasteiger partial charge in [-0.25, -0.2) is 12.8 Å². The van der Waals surface area contributed by atoms with Gasteiger partial charge in [0.25, 0.3) is 0 Å². The highest BCUT2D eigenvalue weighted by atomic mass is 32.2. The zero-order valence-electron chi connectivity index (χ0n) is 8.57. The quantitative estimate of drug-likeness (QED) is 0.605. The minimum atomic E-state index is -3.83. The largest absolute Gasteiger partial charge is 0.399 e. The molecule has 0 saturated carbocycles. The molecular weight excluding hydrogens is 231 g/mol. The van der Waals surface area contributed by atoms with E-state index in [1.165, 1.54) is 6.92 Å². The molecule has 1 aromatic rings. The van der Waals surface area contributed by atoms with E-state index >= 15 is 0 Å². The maximum atomic E-state index is 13.0. The first-order valence-corrected chi connectivity index (χ1v) is 5.88. The first kappa shape index (κ1) is 12.5. The van der Waals surface area contributed by atoms with Crippen LogP contribution >= 0.6 is 0 Å². The van der Waals surface area contributed by atoms with Crippen molar-refractivity contribution in [2.75, 3.05) is 5.73 Å². The van der Waals surface area contributed by atoms with Gasteiger partial charge in [0.15, 0.2) is 0 Å². The van der Waals surface area contributed by atoms with E-state index in [1.807, 2.05) is 0 Å². The van der Waals surface area contributed by atoms with Crippen molar-refractivity contribution >= 4 is 15.7 Å². The first-order chi connectivity index (χ1) is 7.35. The minimum Gasteiger partial charge on any atom is -0.399 e. The molecule has 4 nitrogen and oxygen atoms in total. The molecule has 1 rings (SSSR count). The lowest BCUT2D eigenvalue weighted by molar-refractivity contribution is 0.574. The van der Waals surface area contributed by atoms with Crippen molar-refractivity contribution in [2.45, 2.75) is 17.9 Å². The second-order valence-electron chi connectivity index (χ2n) is 3.23. The summed E-state index contributed by atoms with van der Waals surface area (Å²) < 4.78 is 38.5. The third-order valence-corrected chi connectivity index (χ3v) is 3.31. The summed E-state index contributed by atoms with van der Waals surface area (Å²) in [6.07, 6.45) is 5.04. The molecular formula is C10H11FN2O2S. The monoisotopic (exact) mass is 242 g/mol. The molecule has 16 heavy (non-hydrogen) atoms. The lowest BCUT2D eigenvalue weighted by atomic mass is 10.3. The number of halogens is 1. The van der Waals surface area contributed by atoms with Gasteiger partial charge in [-0.1, -0.05) is 5.92 Å². The Morgan fingerprint density at radius 2 is 2.12 bits per heavy atom. The number of nitrogen functional groups attached to an aromatic ring is 1. The number of rotatable bonds is 3. The summed E-state index contributed by atoms with van der Waals surface area (Å²) >= 11 is 0. The predicted octanol–water partition coefficient (Wildman–Crippen LogP) is 0.708. The van der Waals surface area contributed by atoms with Gasteiger partial charge in [0.05, 0.1) is 10.9 Å². The zero-order chi connectivity index (χ0) is 12.3. The van der Waals surface area contributed by atoms with Crippen molar-refractivity contribution in [1.82, 2.24) is 4.72 Å². The first-order valence-electron chi connectivity index (χ1n) is 4.39. The molecule has 3 N–H and O–H groups in total. The van der Waals surface area contributed by atoms with Gasteiger partial charge in [-0.3, -0.25) is 0 Å². The van der Waals surface area contributed by atoms with E-state index in [-0.39, 0.29) is 10.6 Å². The van der Waals surface area contributed by atoms with Crippen LogP contribution in [0.3, 0.4) is 0 Å². The van der Waals surface area contributed by atoms with Gasteiger partial charge >= 0.3 is 0 Å². The summed E-state index contributed by atoms with van der Waals surface area (Å²) in [5, 5.41) is 0. The second-order valence-corrected chi connectivity index (χ2v) is 4.94. The summed E-state index contributed by atoms with van der Waals surface area (Å²) in [5.41, 5.74) is 5.38. The fraction of sp³-hybridized carbons (Fsp3) is 0.200. The molecule has 0 saturated heterocycles. The maximum absolute atomic E-state index is 13.0. The van der Waals surface area contributed by atoms with E-state index in [0.717, 1.165) is 18.2 Å².